The van der Waals surface area contributed by atoms with Gasteiger partial charge in [0.05, 0.1) is 18.8 Å². The third-order valence-corrected chi connectivity index (χ3v) is 4.19. The summed E-state index contributed by atoms with van der Waals surface area (Å²) in [6.07, 6.45) is 3.73. The molecule has 1 aliphatic heterocycles. The van der Waals surface area contributed by atoms with Crippen molar-refractivity contribution in [2.75, 3.05) is 13.2 Å². The van der Waals surface area contributed by atoms with Gasteiger partial charge in [0.2, 0.25) is 5.88 Å². The predicted molar refractivity (Wildman–Crippen MR) is 95.4 cm³/mol. The zero-order valence-electron chi connectivity index (χ0n) is 14.6. The average molecular weight is 338 g/mol. The standard InChI is InChI=1S/C19H22N4O2/c1-4-15(5-2)13-25-18-11-16-12-22(9-10-23(16)21-18)19(24)17-8-6-7-14(3)20-17/h4-8,11H,1,9-10,12-13H2,2-3H3/b15-5+. The van der Waals surface area contributed by atoms with Gasteiger partial charge in [0.1, 0.15) is 12.3 Å². The smallest absolute Gasteiger partial charge is 0.272 e. The van der Waals surface area contributed by atoms with Gasteiger partial charge in [-0.05, 0) is 31.6 Å². The van der Waals surface area contributed by atoms with E-state index in [1.807, 2.05) is 42.8 Å². The Hall–Kier alpha value is -2.89. The van der Waals surface area contributed by atoms with Crippen LogP contribution in [0.15, 0.2) is 48.6 Å². The van der Waals surface area contributed by atoms with Gasteiger partial charge in [-0.15, -0.1) is 5.10 Å². The lowest BCUT2D eigenvalue weighted by Crippen LogP contribution is -2.38. The maximum absolute atomic E-state index is 12.6. The van der Waals surface area contributed by atoms with E-state index in [4.69, 9.17) is 4.74 Å². The first kappa shape index (κ1) is 17.0. The van der Waals surface area contributed by atoms with Crippen molar-refractivity contribution in [2.45, 2.75) is 26.9 Å². The molecule has 0 atom stereocenters. The second-order valence-corrected chi connectivity index (χ2v) is 5.94. The Morgan fingerprint density at radius 2 is 2.24 bits per heavy atom. The lowest BCUT2D eigenvalue weighted by atomic mass is 10.2. The first-order valence-corrected chi connectivity index (χ1v) is 8.31. The number of rotatable bonds is 5. The van der Waals surface area contributed by atoms with E-state index in [9.17, 15) is 4.79 Å². The summed E-state index contributed by atoms with van der Waals surface area (Å²) in [7, 11) is 0. The Bertz CT molecular complexity index is 823. The molecule has 25 heavy (non-hydrogen) atoms. The van der Waals surface area contributed by atoms with Crippen LogP contribution in [-0.2, 0) is 13.1 Å². The van der Waals surface area contributed by atoms with Crippen molar-refractivity contribution in [3.05, 3.63) is 65.7 Å². The minimum Gasteiger partial charge on any atom is -0.472 e. The highest BCUT2D eigenvalue weighted by Crippen LogP contribution is 2.20. The molecular weight excluding hydrogens is 316 g/mol. The maximum atomic E-state index is 12.6. The van der Waals surface area contributed by atoms with Gasteiger partial charge in [0, 0.05) is 18.3 Å². The van der Waals surface area contributed by atoms with Gasteiger partial charge in [-0.2, -0.15) is 0 Å². The fraction of sp³-hybridized carbons (Fsp3) is 0.316. The molecule has 0 unspecified atom stereocenters. The van der Waals surface area contributed by atoms with E-state index in [0.717, 1.165) is 17.0 Å². The SMILES string of the molecule is C=C/C(=C\C)COc1cc2n(n1)CCN(C(=O)c1cccc(C)n1)C2. The molecule has 1 amide bonds. The minimum atomic E-state index is -0.0542. The number of fused-ring (bicyclic) bond motifs is 1. The third kappa shape index (κ3) is 3.79. The fourth-order valence-electron chi connectivity index (χ4n) is 2.73. The van der Waals surface area contributed by atoms with Crippen molar-refractivity contribution in [3.8, 4) is 5.88 Å². The van der Waals surface area contributed by atoms with Crippen LogP contribution in [0.2, 0.25) is 0 Å². The Morgan fingerprint density at radius 1 is 1.40 bits per heavy atom. The van der Waals surface area contributed by atoms with E-state index in [1.54, 1.807) is 17.0 Å². The van der Waals surface area contributed by atoms with Crippen LogP contribution in [0.4, 0.5) is 0 Å². The quantitative estimate of drug-likeness (QED) is 0.787. The van der Waals surface area contributed by atoms with Crippen LogP contribution >= 0.6 is 0 Å². The van der Waals surface area contributed by atoms with Crippen molar-refractivity contribution in [3.63, 3.8) is 0 Å². The number of ether oxygens (including phenoxy) is 1. The van der Waals surface area contributed by atoms with Gasteiger partial charge in [-0.25, -0.2) is 4.98 Å². The predicted octanol–water partition coefficient (Wildman–Crippen LogP) is 2.75. The Labute approximate surface area is 147 Å². The zero-order chi connectivity index (χ0) is 17.8. The lowest BCUT2D eigenvalue weighted by molar-refractivity contribution is 0.0699. The number of amides is 1. The molecule has 0 fully saturated rings. The normalized spacial score (nSPS) is 14.2. The number of nitrogens with zero attached hydrogens (tertiary/aromatic N) is 4. The molecule has 0 bridgehead atoms. The number of allylic oxidation sites excluding steroid dienone is 1. The molecular formula is C19H22N4O2. The molecule has 3 heterocycles. The van der Waals surface area contributed by atoms with Gasteiger partial charge in [0.15, 0.2) is 0 Å². The van der Waals surface area contributed by atoms with Gasteiger partial charge < -0.3 is 9.64 Å². The van der Waals surface area contributed by atoms with Crippen molar-refractivity contribution in [1.82, 2.24) is 19.7 Å². The zero-order valence-corrected chi connectivity index (χ0v) is 14.6. The molecule has 0 radical (unpaired) electrons. The molecule has 0 aliphatic carbocycles. The molecule has 0 saturated heterocycles. The van der Waals surface area contributed by atoms with Crippen LogP contribution in [0, 0.1) is 6.92 Å². The summed E-state index contributed by atoms with van der Waals surface area (Å²) in [4.78, 5) is 18.8. The molecule has 130 valence electrons. The molecule has 0 aromatic carbocycles. The molecule has 6 heteroatoms. The summed E-state index contributed by atoms with van der Waals surface area (Å²) in [6.45, 7) is 9.77. The largest absolute Gasteiger partial charge is 0.472 e. The van der Waals surface area contributed by atoms with Crippen LogP contribution in [-0.4, -0.2) is 38.7 Å². The number of carbonyl (C=O) groups excluding carboxylic acids is 1. The second kappa shape index (κ2) is 7.34. The Morgan fingerprint density at radius 3 is 2.96 bits per heavy atom. The number of aromatic nitrogens is 3. The van der Waals surface area contributed by atoms with E-state index < -0.39 is 0 Å². The summed E-state index contributed by atoms with van der Waals surface area (Å²) >= 11 is 0. The topological polar surface area (TPSA) is 60.2 Å². The van der Waals surface area contributed by atoms with E-state index in [2.05, 4.69) is 16.7 Å². The molecule has 0 N–H and O–H groups in total. The average Bonchev–Trinajstić information content (AvgIpc) is 3.04. The van der Waals surface area contributed by atoms with Crippen molar-refractivity contribution < 1.29 is 9.53 Å². The molecule has 0 spiro atoms. The highest BCUT2D eigenvalue weighted by atomic mass is 16.5. The van der Waals surface area contributed by atoms with Crippen LogP contribution in [0.5, 0.6) is 5.88 Å². The van der Waals surface area contributed by atoms with E-state index in [1.165, 1.54) is 0 Å². The van der Waals surface area contributed by atoms with Crippen molar-refractivity contribution in [1.29, 1.82) is 0 Å². The summed E-state index contributed by atoms with van der Waals surface area (Å²) in [5, 5.41) is 4.45. The van der Waals surface area contributed by atoms with Crippen molar-refractivity contribution in [2.24, 2.45) is 0 Å². The molecule has 2 aromatic heterocycles. The number of hydrogen-bond acceptors (Lipinski definition) is 4. The highest BCUT2D eigenvalue weighted by molar-refractivity contribution is 5.92. The third-order valence-electron chi connectivity index (χ3n) is 4.19. The monoisotopic (exact) mass is 338 g/mol. The highest BCUT2D eigenvalue weighted by Gasteiger charge is 2.24. The summed E-state index contributed by atoms with van der Waals surface area (Å²) in [5.74, 6) is 0.514. The van der Waals surface area contributed by atoms with Gasteiger partial charge in [-0.3, -0.25) is 9.48 Å². The number of pyridine rings is 1. The first-order valence-electron chi connectivity index (χ1n) is 8.31. The van der Waals surface area contributed by atoms with E-state index >= 15 is 0 Å². The van der Waals surface area contributed by atoms with Gasteiger partial charge in [-0.1, -0.05) is 24.8 Å². The number of carbonyl (C=O) groups is 1. The first-order chi connectivity index (χ1) is 12.1. The van der Waals surface area contributed by atoms with Crippen LogP contribution in [0.3, 0.4) is 0 Å². The maximum Gasteiger partial charge on any atom is 0.272 e. The molecule has 1 aliphatic rings. The minimum absolute atomic E-state index is 0.0542. The van der Waals surface area contributed by atoms with Crippen LogP contribution in [0.1, 0.15) is 28.8 Å². The van der Waals surface area contributed by atoms with Gasteiger partial charge in [0.25, 0.3) is 5.91 Å². The van der Waals surface area contributed by atoms with Gasteiger partial charge >= 0.3 is 0 Å². The Kier molecular flexibility index (Phi) is 4.97. The summed E-state index contributed by atoms with van der Waals surface area (Å²) < 4.78 is 7.61. The van der Waals surface area contributed by atoms with E-state index in [0.29, 0.717) is 37.8 Å². The van der Waals surface area contributed by atoms with Crippen LogP contribution < -0.4 is 4.74 Å². The Balaban J connectivity index is 1.69. The molecule has 3 rings (SSSR count). The molecule has 0 saturated carbocycles. The number of aryl methyl sites for hydroxylation is 1. The fourth-order valence-corrected chi connectivity index (χ4v) is 2.73. The molecule has 6 nitrogen and oxygen atoms in total. The summed E-state index contributed by atoms with van der Waals surface area (Å²) in [6, 6.07) is 7.38. The van der Waals surface area contributed by atoms with E-state index in [-0.39, 0.29) is 5.91 Å². The second-order valence-electron chi connectivity index (χ2n) is 5.94. The summed E-state index contributed by atoms with van der Waals surface area (Å²) in [5.41, 5.74) is 3.29. The van der Waals surface area contributed by atoms with Crippen LogP contribution in [0.25, 0.3) is 0 Å². The lowest BCUT2D eigenvalue weighted by Gasteiger charge is -2.27. The molecule has 2 aromatic rings. The number of hydrogen-bond donors (Lipinski definition) is 0. The van der Waals surface area contributed by atoms with Crippen molar-refractivity contribution >= 4 is 5.91 Å².